The predicted molar refractivity (Wildman–Crippen MR) is 76.6 cm³/mol. The molecule has 0 aliphatic heterocycles. The molecule has 1 atom stereocenters. The maximum Gasteiger partial charge on any atom is 0.122 e. The van der Waals surface area contributed by atoms with Crippen LogP contribution in [0.3, 0.4) is 0 Å². The van der Waals surface area contributed by atoms with E-state index in [2.05, 4.69) is 41.9 Å². The van der Waals surface area contributed by atoms with Crippen LogP contribution in [0.4, 0.5) is 0 Å². The molecule has 0 fully saturated rings. The fraction of sp³-hybridized carbons (Fsp3) is 0.286. The highest BCUT2D eigenvalue weighted by atomic mass is 79.9. The Morgan fingerprint density at radius 3 is 2.41 bits per heavy atom. The van der Waals surface area contributed by atoms with Crippen LogP contribution < -0.4 is 0 Å². The summed E-state index contributed by atoms with van der Waals surface area (Å²) < 4.78 is 0.964. The molecule has 1 aromatic carbocycles. The highest BCUT2D eigenvalue weighted by Gasteiger charge is 2.29. The molecule has 0 radical (unpaired) electrons. The second-order valence-corrected chi connectivity index (χ2v) is 6.24. The van der Waals surface area contributed by atoms with E-state index < -0.39 is 5.60 Å². The number of aryl methyl sites for hydroxylation is 2. The predicted octanol–water partition coefficient (Wildman–Crippen LogP) is 4.38. The molecule has 0 saturated heterocycles. The largest absolute Gasteiger partial charge is 0.380 e. The van der Waals surface area contributed by atoms with Gasteiger partial charge in [-0.3, -0.25) is 0 Å². The van der Waals surface area contributed by atoms with E-state index in [1.165, 1.54) is 11.1 Å². The van der Waals surface area contributed by atoms with Crippen LogP contribution in [0.5, 0.6) is 0 Å². The van der Waals surface area contributed by atoms with Crippen molar-refractivity contribution < 1.29 is 5.11 Å². The van der Waals surface area contributed by atoms with Crippen LogP contribution in [-0.2, 0) is 5.60 Å². The average molecular weight is 311 g/mol. The number of aliphatic hydroxyl groups is 1. The fourth-order valence-corrected chi connectivity index (χ4v) is 3.66. The summed E-state index contributed by atoms with van der Waals surface area (Å²) in [5.74, 6) is 0. The SMILES string of the molecule is Cc1ccc(C(C)(O)c2sccc2Br)cc1C. The van der Waals surface area contributed by atoms with Crippen LogP contribution in [0, 0.1) is 13.8 Å². The Balaban J connectivity index is 2.51. The molecule has 3 heteroatoms. The Hall–Kier alpha value is -0.640. The molecule has 1 heterocycles. The van der Waals surface area contributed by atoms with Gasteiger partial charge in [-0.2, -0.15) is 0 Å². The van der Waals surface area contributed by atoms with Crippen molar-refractivity contribution in [3.05, 3.63) is 55.7 Å². The Morgan fingerprint density at radius 1 is 1.18 bits per heavy atom. The normalized spacial score (nSPS) is 14.6. The first-order chi connectivity index (χ1) is 7.93. The van der Waals surface area contributed by atoms with E-state index in [1.54, 1.807) is 11.3 Å². The molecule has 2 rings (SSSR count). The minimum atomic E-state index is -0.939. The van der Waals surface area contributed by atoms with Gasteiger partial charge in [-0.1, -0.05) is 18.2 Å². The number of benzene rings is 1. The van der Waals surface area contributed by atoms with E-state index in [1.807, 2.05) is 24.4 Å². The van der Waals surface area contributed by atoms with Crippen molar-refractivity contribution in [3.8, 4) is 0 Å². The van der Waals surface area contributed by atoms with Gasteiger partial charge in [0.1, 0.15) is 5.60 Å². The molecule has 1 nitrogen and oxygen atoms in total. The molecule has 17 heavy (non-hydrogen) atoms. The average Bonchev–Trinajstić information content (AvgIpc) is 2.69. The van der Waals surface area contributed by atoms with Gasteiger partial charge in [-0.05, 0) is 64.8 Å². The molecule has 0 amide bonds. The highest BCUT2D eigenvalue weighted by Crippen LogP contribution is 2.38. The van der Waals surface area contributed by atoms with Crippen molar-refractivity contribution in [2.75, 3.05) is 0 Å². The third-order valence-electron chi connectivity index (χ3n) is 3.13. The van der Waals surface area contributed by atoms with Gasteiger partial charge in [0.15, 0.2) is 0 Å². The van der Waals surface area contributed by atoms with Gasteiger partial charge in [-0.15, -0.1) is 11.3 Å². The summed E-state index contributed by atoms with van der Waals surface area (Å²) in [6.45, 7) is 5.99. The Labute approximate surface area is 114 Å². The number of thiophene rings is 1. The number of rotatable bonds is 2. The topological polar surface area (TPSA) is 20.2 Å². The molecular weight excluding hydrogens is 296 g/mol. The van der Waals surface area contributed by atoms with E-state index in [0.29, 0.717) is 0 Å². The third kappa shape index (κ3) is 2.32. The molecule has 0 aliphatic carbocycles. The van der Waals surface area contributed by atoms with Crippen molar-refractivity contribution in [3.63, 3.8) is 0 Å². The molecule has 1 unspecified atom stereocenters. The van der Waals surface area contributed by atoms with Crippen LogP contribution >= 0.6 is 27.3 Å². The lowest BCUT2D eigenvalue weighted by Gasteiger charge is -2.24. The molecule has 0 aliphatic rings. The lowest BCUT2D eigenvalue weighted by molar-refractivity contribution is 0.105. The van der Waals surface area contributed by atoms with E-state index in [4.69, 9.17) is 0 Å². The summed E-state index contributed by atoms with van der Waals surface area (Å²) in [7, 11) is 0. The monoisotopic (exact) mass is 310 g/mol. The van der Waals surface area contributed by atoms with Crippen LogP contribution in [0.15, 0.2) is 34.1 Å². The van der Waals surface area contributed by atoms with Crippen molar-refractivity contribution in [2.24, 2.45) is 0 Å². The van der Waals surface area contributed by atoms with Crippen molar-refractivity contribution >= 4 is 27.3 Å². The van der Waals surface area contributed by atoms with Gasteiger partial charge < -0.3 is 5.11 Å². The van der Waals surface area contributed by atoms with Crippen molar-refractivity contribution in [2.45, 2.75) is 26.4 Å². The van der Waals surface area contributed by atoms with E-state index in [-0.39, 0.29) is 0 Å². The van der Waals surface area contributed by atoms with Gasteiger partial charge in [0.25, 0.3) is 0 Å². The summed E-state index contributed by atoms with van der Waals surface area (Å²) in [5.41, 5.74) is 2.44. The standard InChI is InChI=1S/C14H15BrOS/c1-9-4-5-11(8-10(9)2)14(3,16)13-12(15)6-7-17-13/h4-8,16H,1-3H3. The first kappa shape index (κ1) is 12.8. The molecule has 0 spiro atoms. The van der Waals surface area contributed by atoms with Gasteiger partial charge in [-0.25, -0.2) is 0 Å². The van der Waals surface area contributed by atoms with E-state index in [0.717, 1.165) is 14.9 Å². The fourth-order valence-electron chi connectivity index (χ4n) is 1.82. The second-order valence-electron chi connectivity index (χ2n) is 4.47. The Kier molecular flexibility index (Phi) is 3.43. The first-order valence-corrected chi connectivity index (χ1v) is 7.14. The zero-order chi connectivity index (χ0) is 12.6. The summed E-state index contributed by atoms with van der Waals surface area (Å²) in [6.07, 6.45) is 0. The van der Waals surface area contributed by atoms with Crippen LogP contribution in [0.25, 0.3) is 0 Å². The molecule has 2 aromatic rings. The maximum absolute atomic E-state index is 10.7. The lowest BCUT2D eigenvalue weighted by atomic mass is 9.92. The zero-order valence-electron chi connectivity index (χ0n) is 10.1. The minimum absolute atomic E-state index is 0.934. The zero-order valence-corrected chi connectivity index (χ0v) is 12.5. The molecule has 90 valence electrons. The molecule has 0 bridgehead atoms. The Bertz CT molecular complexity index is 543. The Morgan fingerprint density at radius 2 is 1.88 bits per heavy atom. The smallest absolute Gasteiger partial charge is 0.122 e. The van der Waals surface area contributed by atoms with Crippen LogP contribution in [-0.4, -0.2) is 5.11 Å². The first-order valence-electron chi connectivity index (χ1n) is 5.46. The molecule has 0 saturated carbocycles. The molecule has 1 N–H and O–H groups in total. The van der Waals surface area contributed by atoms with Crippen LogP contribution in [0.1, 0.15) is 28.5 Å². The summed E-state index contributed by atoms with van der Waals surface area (Å²) in [4.78, 5) is 0.945. The highest BCUT2D eigenvalue weighted by molar-refractivity contribution is 9.10. The minimum Gasteiger partial charge on any atom is -0.380 e. The third-order valence-corrected chi connectivity index (χ3v) is 5.18. The van der Waals surface area contributed by atoms with E-state index in [9.17, 15) is 5.11 Å². The second kappa shape index (κ2) is 4.56. The maximum atomic E-state index is 10.7. The van der Waals surface area contributed by atoms with Crippen molar-refractivity contribution in [1.82, 2.24) is 0 Å². The number of hydrogen-bond donors (Lipinski definition) is 1. The summed E-state index contributed by atoms with van der Waals surface area (Å²) in [5, 5.41) is 12.7. The van der Waals surface area contributed by atoms with Gasteiger partial charge >= 0.3 is 0 Å². The van der Waals surface area contributed by atoms with Gasteiger partial charge in [0, 0.05) is 4.47 Å². The molecular formula is C14H15BrOS. The summed E-state index contributed by atoms with van der Waals surface area (Å²) >= 11 is 5.05. The lowest BCUT2D eigenvalue weighted by Crippen LogP contribution is -2.22. The number of hydrogen-bond acceptors (Lipinski definition) is 2. The van der Waals surface area contributed by atoms with Crippen LogP contribution in [0.2, 0.25) is 0 Å². The molecule has 1 aromatic heterocycles. The van der Waals surface area contributed by atoms with Gasteiger partial charge in [0.05, 0.1) is 4.88 Å². The quantitative estimate of drug-likeness (QED) is 0.872. The van der Waals surface area contributed by atoms with Crippen molar-refractivity contribution in [1.29, 1.82) is 0 Å². The summed E-state index contributed by atoms with van der Waals surface area (Å²) in [6, 6.07) is 8.08. The van der Waals surface area contributed by atoms with Gasteiger partial charge in [0.2, 0.25) is 0 Å². The number of halogens is 1. The van der Waals surface area contributed by atoms with E-state index >= 15 is 0 Å².